The van der Waals surface area contributed by atoms with Crippen LogP contribution in [0.4, 0.5) is 13.2 Å². The molecular formula is C18H14ClF3N4O. The van der Waals surface area contributed by atoms with Gasteiger partial charge in [-0.15, -0.1) is 10.2 Å². The summed E-state index contributed by atoms with van der Waals surface area (Å²) in [5.41, 5.74) is -0.0949. The van der Waals surface area contributed by atoms with Crippen LogP contribution >= 0.6 is 11.6 Å². The van der Waals surface area contributed by atoms with Crippen molar-refractivity contribution in [1.82, 2.24) is 19.9 Å². The highest BCUT2D eigenvalue weighted by molar-refractivity contribution is 6.31. The lowest BCUT2D eigenvalue weighted by Gasteiger charge is -2.11. The van der Waals surface area contributed by atoms with Gasteiger partial charge in [0.1, 0.15) is 0 Å². The van der Waals surface area contributed by atoms with Gasteiger partial charge in [0.15, 0.2) is 11.5 Å². The lowest BCUT2D eigenvalue weighted by Crippen LogP contribution is -2.26. The first-order chi connectivity index (χ1) is 12.8. The number of alkyl halides is 3. The van der Waals surface area contributed by atoms with Crippen LogP contribution in [0, 0.1) is 0 Å². The fourth-order valence-electron chi connectivity index (χ4n) is 2.52. The van der Waals surface area contributed by atoms with Crippen LogP contribution in [-0.2, 0) is 11.0 Å². The molecule has 0 spiro atoms. The van der Waals surface area contributed by atoms with Gasteiger partial charge in [0.05, 0.1) is 16.6 Å². The molecule has 3 rings (SSSR count). The summed E-state index contributed by atoms with van der Waals surface area (Å²) in [4.78, 5) is 12.1. The molecule has 0 aliphatic heterocycles. The number of amides is 1. The lowest BCUT2D eigenvalue weighted by atomic mass is 10.1. The molecule has 0 aliphatic carbocycles. The van der Waals surface area contributed by atoms with E-state index in [-0.39, 0.29) is 5.56 Å². The van der Waals surface area contributed by atoms with E-state index in [9.17, 15) is 18.0 Å². The van der Waals surface area contributed by atoms with Crippen LogP contribution in [0.1, 0.15) is 29.9 Å². The third-order valence-corrected chi connectivity index (χ3v) is 4.14. The predicted molar refractivity (Wildman–Crippen MR) is 95.0 cm³/mol. The van der Waals surface area contributed by atoms with Crippen LogP contribution < -0.4 is 5.32 Å². The molecule has 0 saturated carbocycles. The second-order valence-electron chi connectivity index (χ2n) is 5.79. The number of benzene rings is 1. The molecule has 1 atom stereocenters. The Morgan fingerprint density at radius 1 is 1.26 bits per heavy atom. The highest BCUT2D eigenvalue weighted by atomic mass is 35.5. The standard InChI is InChI=1S/C18H14ClF3N4O/c1-11(17-25-24-15-4-2-3-9-26(15)17)23-16(27)8-6-12-5-7-14(19)13(10-12)18(20,21)22/h2-11H,1H3,(H,23,27)/b8-6+. The molecule has 0 aliphatic rings. The molecule has 1 aromatic carbocycles. The molecule has 0 fully saturated rings. The number of halogens is 4. The van der Waals surface area contributed by atoms with E-state index in [4.69, 9.17) is 11.6 Å². The quantitative estimate of drug-likeness (QED) is 0.671. The van der Waals surface area contributed by atoms with Gasteiger partial charge in [-0.1, -0.05) is 23.7 Å². The van der Waals surface area contributed by atoms with Crippen molar-refractivity contribution in [3.05, 3.63) is 70.6 Å². The van der Waals surface area contributed by atoms with Crippen LogP contribution in [0.25, 0.3) is 11.7 Å². The van der Waals surface area contributed by atoms with Gasteiger partial charge in [0.25, 0.3) is 0 Å². The Labute approximate surface area is 157 Å². The molecule has 2 heterocycles. The van der Waals surface area contributed by atoms with Crippen LogP contribution in [0.15, 0.2) is 48.7 Å². The zero-order chi connectivity index (χ0) is 19.6. The van der Waals surface area contributed by atoms with Gasteiger partial charge < -0.3 is 5.32 Å². The Bertz CT molecular complexity index is 1010. The van der Waals surface area contributed by atoms with Gasteiger partial charge in [0, 0.05) is 12.3 Å². The monoisotopic (exact) mass is 394 g/mol. The van der Waals surface area contributed by atoms with Crippen LogP contribution in [0.3, 0.4) is 0 Å². The zero-order valence-electron chi connectivity index (χ0n) is 14.0. The summed E-state index contributed by atoms with van der Waals surface area (Å²) >= 11 is 5.58. The van der Waals surface area contributed by atoms with E-state index in [0.29, 0.717) is 11.5 Å². The van der Waals surface area contributed by atoms with Crippen LogP contribution in [0.5, 0.6) is 0 Å². The van der Waals surface area contributed by atoms with Crippen LogP contribution in [-0.4, -0.2) is 20.5 Å². The zero-order valence-corrected chi connectivity index (χ0v) is 14.8. The Balaban J connectivity index is 1.72. The van der Waals surface area contributed by atoms with Crippen LogP contribution in [0.2, 0.25) is 5.02 Å². The summed E-state index contributed by atoms with van der Waals surface area (Å²) in [6.45, 7) is 1.74. The molecule has 1 N–H and O–H groups in total. The van der Waals surface area contributed by atoms with Gasteiger partial charge in [0.2, 0.25) is 5.91 Å². The third-order valence-electron chi connectivity index (χ3n) is 3.81. The largest absolute Gasteiger partial charge is 0.417 e. The number of hydrogen-bond acceptors (Lipinski definition) is 3. The Kier molecular flexibility index (Phi) is 5.18. The maximum Gasteiger partial charge on any atom is 0.417 e. The molecule has 0 radical (unpaired) electrons. The number of fused-ring (bicyclic) bond motifs is 1. The summed E-state index contributed by atoms with van der Waals surface area (Å²) in [6.07, 6.45) is -0.347. The number of pyridine rings is 1. The normalized spacial score (nSPS) is 13.2. The van der Waals surface area contributed by atoms with Gasteiger partial charge in [-0.25, -0.2) is 0 Å². The molecule has 0 bridgehead atoms. The van der Waals surface area contributed by atoms with Gasteiger partial charge in [-0.3, -0.25) is 9.20 Å². The van der Waals surface area contributed by atoms with Crippen molar-refractivity contribution >= 4 is 29.2 Å². The maximum atomic E-state index is 12.9. The Hall–Kier alpha value is -2.87. The predicted octanol–water partition coefficient (Wildman–Crippen LogP) is 4.29. The number of rotatable bonds is 4. The molecule has 140 valence electrons. The number of nitrogens with zero attached hydrogens (tertiary/aromatic N) is 3. The number of hydrogen-bond donors (Lipinski definition) is 1. The lowest BCUT2D eigenvalue weighted by molar-refractivity contribution is -0.137. The van der Waals surface area contributed by atoms with E-state index in [1.54, 1.807) is 23.6 Å². The minimum atomic E-state index is -4.56. The molecule has 1 amide bonds. The Morgan fingerprint density at radius 3 is 2.78 bits per heavy atom. The second kappa shape index (κ2) is 7.40. The minimum Gasteiger partial charge on any atom is -0.343 e. The van der Waals surface area contributed by atoms with E-state index in [1.165, 1.54) is 12.1 Å². The van der Waals surface area contributed by atoms with E-state index >= 15 is 0 Å². The first-order valence-corrected chi connectivity index (χ1v) is 8.28. The molecule has 0 saturated heterocycles. The molecule has 2 aromatic heterocycles. The number of carbonyl (C=O) groups excluding carboxylic acids is 1. The topological polar surface area (TPSA) is 59.3 Å². The minimum absolute atomic E-state index is 0.211. The van der Waals surface area contributed by atoms with Gasteiger partial charge in [-0.05, 0) is 42.8 Å². The highest BCUT2D eigenvalue weighted by Gasteiger charge is 2.33. The fraction of sp³-hybridized carbons (Fsp3) is 0.167. The number of nitrogens with one attached hydrogen (secondary N) is 1. The summed E-state index contributed by atoms with van der Waals surface area (Å²) in [5, 5.41) is 10.4. The van der Waals surface area contributed by atoms with Crippen molar-refractivity contribution in [2.45, 2.75) is 19.1 Å². The first-order valence-electron chi connectivity index (χ1n) is 7.90. The number of carbonyl (C=O) groups is 1. The fourth-order valence-corrected chi connectivity index (χ4v) is 2.74. The van der Waals surface area contributed by atoms with Gasteiger partial charge >= 0.3 is 6.18 Å². The Morgan fingerprint density at radius 2 is 2.04 bits per heavy atom. The van der Waals surface area contributed by atoms with Crippen molar-refractivity contribution in [2.24, 2.45) is 0 Å². The maximum absolute atomic E-state index is 12.9. The summed E-state index contributed by atoms with van der Waals surface area (Å²) in [6, 6.07) is 8.40. The first kappa shape index (κ1) is 18.9. The summed E-state index contributed by atoms with van der Waals surface area (Å²) in [7, 11) is 0. The summed E-state index contributed by atoms with van der Waals surface area (Å²) in [5.74, 6) is 0.0666. The van der Waals surface area contributed by atoms with Crippen molar-refractivity contribution in [3.8, 4) is 0 Å². The number of aromatic nitrogens is 3. The molecule has 1 unspecified atom stereocenters. The highest BCUT2D eigenvalue weighted by Crippen LogP contribution is 2.35. The van der Waals surface area contributed by atoms with Crippen molar-refractivity contribution < 1.29 is 18.0 Å². The van der Waals surface area contributed by atoms with Crippen molar-refractivity contribution in [1.29, 1.82) is 0 Å². The van der Waals surface area contributed by atoms with E-state index in [2.05, 4.69) is 15.5 Å². The average Bonchev–Trinajstić information content (AvgIpc) is 3.04. The molecule has 3 aromatic rings. The van der Waals surface area contributed by atoms with Crippen molar-refractivity contribution in [3.63, 3.8) is 0 Å². The SMILES string of the molecule is CC(NC(=O)/C=C/c1ccc(Cl)c(C(F)(F)F)c1)c1nnc2ccccn12. The van der Waals surface area contributed by atoms with Crippen molar-refractivity contribution in [2.75, 3.05) is 0 Å². The molecular weight excluding hydrogens is 381 g/mol. The average molecular weight is 395 g/mol. The summed E-state index contributed by atoms with van der Waals surface area (Å²) < 4.78 is 40.4. The van der Waals surface area contributed by atoms with E-state index in [1.807, 2.05) is 12.1 Å². The van der Waals surface area contributed by atoms with Gasteiger partial charge in [-0.2, -0.15) is 13.2 Å². The smallest absolute Gasteiger partial charge is 0.343 e. The van der Waals surface area contributed by atoms with E-state index < -0.39 is 28.7 Å². The molecule has 9 heteroatoms. The molecule has 27 heavy (non-hydrogen) atoms. The third kappa shape index (κ3) is 4.28. The van der Waals surface area contributed by atoms with E-state index in [0.717, 1.165) is 18.2 Å². The second-order valence-corrected chi connectivity index (χ2v) is 6.19. The molecule has 5 nitrogen and oxygen atoms in total.